The van der Waals surface area contributed by atoms with Crippen LogP contribution in [0.4, 0.5) is 0 Å². The van der Waals surface area contributed by atoms with Crippen LogP contribution in [0.15, 0.2) is 48.2 Å². The van der Waals surface area contributed by atoms with E-state index < -0.39 is 0 Å². The van der Waals surface area contributed by atoms with E-state index >= 15 is 0 Å². The molecule has 0 N–H and O–H groups in total. The summed E-state index contributed by atoms with van der Waals surface area (Å²) in [7, 11) is 2.14. The van der Waals surface area contributed by atoms with Crippen molar-refractivity contribution < 1.29 is 0 Å². The lowest BCUT2D eigenvalue weighted by molar-refractivity contribution is 0.395. The maximum absolute atomic E-state index is 3.85. The first-order valence-corrected chi connectivity index (χ1v) is 6.17. The Kier molecular flexibility index (Phi) is 5.02. The van der Waals surface area contributed by atoms with Crippen LogP contribution in [0.1, 0.15) is 31.4 Å². The van der Waals surface area contributed by atoms with Crippen molar-refractivity contribution in [2.75, 3.05) is 7.05 Å². The molecule has 1 aromatic rings. The molecule has 1 nitrogen and oxygen atoms in total. The molecule has 0 aromatic heterocycles. The van der Waals surface area contributed by atoms with E-state index in [4.69, 9.17) is 0 Å². The number of aryl methyl sites for hydroxylation is 1. The molecule has 0 saturated carbocycles. The van der Waals surface area contributed by atoms with Crippen molar-refractivity contribution in [1.82, 2.24) is 4.90 Å². The molecule has 0 bridgehead atoms. The van der Waals surface area contributed by atoms with Crippen LogP contribution in [0.25, 0.3) is 0 Å². The molecule has 1 aromatic carbocycles. The third-order valence-electron chi connectivity index (χ3n) is 3.10. The third kappa shape index (κ3) is 3.77. The summed E-state index contributed by atoms with van der Waals surface area (Å²) < 4.78 is 0. The van der Waals surface area contributed by atoms with Gasteiger partial charge in [-0.2, -0.15) is 0 Å². The maximum Gasteiger partial charge on any atom is 0.0423 e. The van der Waals surface area contributed by atoms with Crippen LogP contribution in [0.2, 0.25) is 0 Å². The largest absolute Gasteiger partial charge is 0.373 e. The summed E-state index contributed by atoms with van der Waals surface area (Å²) in [5.74, 6) is 0. The Labute approximate surface area is 105 Å². The molecule has 0 amide bonds. The van der Waals surface area contributed by atoms with Crippen molar-refractivity contribution in [3.05, 3.63) is 59.3 Å². The summed E-state index contributed by atoms with van der Waals surface area (Å²) >= 11 is 0. The summed E-state index contributed by atoms with van der Waals surface area (Å²) in [5.41, 5.74) is 5.29. The van der Waals surface area contributed by atoms with E-state index in [1.54, 1.807) is 0 Å². The molecule has 0 atom stereocenters. The van der Waals surface area contributed by atoms with Crippen LogP contribution in [0.5, 0.6) is 0 Å². The smallest absolute Gasteiger partial charge is 0.0423 e. The highest BCUT2D eigenvalue weighted by Crippen LogP contribution is 2.16. The van der Waals surface area contributed by atoms with Crippen molar-refractivity contribution >= 4 is 0 Å². The third-order valence-corrected chi connectivity index (χ3v) is 3.10. The van der Waals surface area contributed by atoms with E-state index in [2.05, 4.69) is 63.6 Å². The van der Waals surface area contributed by atoms with Crippen LogP contribution in [0.3, 0.4) is 0 Å². The molecule has 0 aliphatic rings. The van der Waals surface area contributed by atoms with Crippen LogP contribution in [-0.4, -0.2) is 11.9 Å². The number of nitrogens with zero attached hydrogens (tertiary/aromatic N) is 1. The Hall–Kier alpha value is -1.50. The number of benzene rings is 1. The van der Waals surface area contributed by atoms with Gasteiger partial charge < -0.3 is 4.90 Å². The first-order chi connectivity index (χ1) is 8.08. The van der Waals surface area contributed by atoms with Gasteiger partial charge in [0, 0.05) is 19.3 Å². The molecular weight excluding hydrogens is 206 g/mol. The van der Waals surface area contributed by atoms with Gasteiger partial charge in [-0.3, -0.25) is 0 Å². The highest BCUT2D eigenvalue weighted by atomic mass is 15.1. The van der Waals surface area contributed by atoms with Gasteiger partial charge in [0.1, 0.15) is 0 Å². The zero-order chi connectivity index (χ0) is 12.8. The molecule has 0 fully saturated rings. The minimum absolute atomic E-state index is 0.953. The van der Waals surface area contributed by atoms with Crippen molar-refractivity contribution in [3.63, 3.8) is 0 Å². The number of hydrogen-bond acceptors (Lipinski definition) is 1. The van der Waals surface area contributed by atoms with Crippen molar-refractivity contribution in [3.8, 4) is 0 Å². The van der Waals surface area contributed by atoms with E-state index in [0.29, 0.717) is 0 Å². The summed E-state index contributed by atoms with van der Waals surface area (Å²) in [6, 6.07) is 8.72. The fourth-order valence-electron chi connectivity index (χ4n) is 2.03. The standard InChI is InChI=1S/C16H23N/c1-6-14(4)16(7-2)17(5)12-15-10-8-13(3)9-11-15/h6,8-11H,1,7,12H2,2-5H3/b16-14-. The molecule has 1 rings (SSSR count). The number of allylic oxidation sites excluding steroid dienone is 3. The highest BCUT2D eigenvalue weighted by molar-refractivity contribution is 5.24. The van der Waals surface area contributed by atoms with Gasteiger partial charge in [-0.25, -0.2) is 0 Å². The van der Waals surface area contributed by atoms with E-state index in [-0.39, 0.29) is 0 Å². The first-order valence-electron chi connectivity index (χ1n) is 6.17. The minimum atomic E-state index is 0.953. The SMILES string of the molecule is C=C/C(C)=C(/CC)N(C)Cc1ccc(C)cc1. The van der Waals surface area contributed by atoms with Crippen LogP contribution in [-0.2, 0) is 6.54 Å². The molecule has 0 spiro atoms. The summed E-state index contributed by atoms with van der Waals surface area (Å²) in [6.07, 6.45) is 2.98. The van der Waals surface area contributed by atoms with E-state index in [9.17, 15) is 0 Å². The second-order valence-electron chi connectivity index (χ2n) is 4.53. The zero-order valence-electron chi connectivity index (χ0n) is 11.5. The Morgan fingerprint density at radius 1 is 1.29 bits per heavy atom. The fraction of sp³-hybridized carbons (Fsp3) is 0.375. The monoisotopic (exact) mass is 229 g/mol. The minimum Gasteiger partial charge on any atom is -0.373 e. The summed E-state index contributed by atoms with van der Waals surface area (Å²) in [6.45, 7) is 11.2. The van der Waals surface area contributed by atoms with Gasteiger partial charge in [-0.15, -0.1) is 0 Å². The van der Waals surface area contributed by atoms with Gasteiger partial charge >= 0.3 is 0 Å². The molecule has 0 saturated heterocycles. The lowest BCUT2D eigenvalue weighted by atomic mass is 10.1. The second kappa shape index (κ2) is 6.29. The van der Waals surface area contributed by atoms with Gasteiger partial charge in [0.25, 0.3) is 0 Å². The predicted octanol–water partition coefficient (Wildman–Crippen LogP) is 4.30. The lowest BCUT2D eigenvalue weighted by Crippen LogP contribution is -2.18. The summed E-state index contributed by atoms with van der Waals surface area (Å²) in [5, 5.41) is 0. The lowest BCUT2D eigenvalue weighted by Gasteiger charge is -2.23. The van der Waals surface area contributed by atoms with Gasteiger partial charge in [0.05, 0.1) is 0 Å². The zero-order valence-corrected chi connectivity index (χ0v) is 11.5. The van der Waals surface area contributed by atoms with Crippen LogP contribution in [0, 0.1) is 6.92 Å². The van der Waals surface area contributed by atoms with Gasteiger partial charge in [0.2, 0.25) is 0 Å². The Morgan fingerprint density at radius 2 is 1.88 bits per heavy atom. The Balaban J connectivity index is 2.81. The second-order valence-corrected chi connectivity index (χ2v) is 4.53. The average molecular weight is 229 g/mol. The van der Waals surface area contributed by atoms with Gasteiger partial charge in [-0.05, 0) is 31.4 Å². The predicted molar refractivity (Wildman–Crippen MR) is 75.8 cm³/mol. The quantitative estimate of drug-likeness (QED) is 0.681. The first kappa shape index (κ1) is 13.6. The molecule has 92 valence electrons. The van der Waals surface area contributed by atoms with Crippen molar-refractivity contribution in [2.24, 2.45) is 0 Å². The topological polar surface area (TPSA) is 3.24 Å². The molecule has 17 heavy (non-hydrogen) atoms. The molecule has 0 aliphatic heterocycles. The van der Waals surface area contributed by atoms with Crippen LogP contribution < -0.4 is 0 Å². The molecule has 0 heterocycles. The normalized spacial score (nSPS) is 12.0. The van der Waals surface area contributed by atoms with E-state index in [1.807, 2.05) is 6.08 Å². The average Bonchev–Trinajstić information content (AvgIpc) is 2.32. The molecule has 0 aliphatic carbocycles. The molecule has 1 heteroatoms. The van der Waals surface area contributed by atoms with E-state index in [1.165, 1.54) is 22.4 Å². The Bertz CT molecular complexity index is 398. The summed E-state index contributed by atoms with van der Waals surface area (Å²) in [4.78, 5) is 2.31. The number of rotatable bonds is 5. The molecular formula is C16H23N. The van der Waals surface area contributed by atoms with Gasteiger partial charge in [-0.1, -0.05) is 49.4 Å². The van der Waals surface area contributed by atoms with Gasteiger partial charge in [0.15, 0.2) is 0 Å². The number of hydrogen-bond donors (Lipinski definition) is 0. The highest BCUT2D eigenvalue weighted by Gasteiger charge is 2.05. The molecule has 0 unspecified atom stereocenters. The van der Waals surface area contributed by atoms with Crippen LogP contribution >= 0.6 is 0 Å². The van der Waals surface area contributed by atoms with Crippen molar-refractivity contribution in [1.29, 1.82) is 0 Å². The molecule has 0 radical (unpaired) electrons. The Morgan fingerprint density at radius 3 is 2.35 bits per heavy atom. The van der Waals surface area contributed by atoms with Crippen molar-refractivity contribution in [2.45, 2.75) is 33.7 Å². The van der Waals surface area contributed by atoms with E-state index in [0.717, 1.165) is 13.0 Å². The maximum atomic E-state index is 3.85. The fourth-order valence-corrected chi connectivity index (χ4v) is 2.03.